The fraction of sp³-hybridized carbons (Fsp3) is 0.385. The zero-order chi connectivity index (χ0) is 13.8. The van der Waals surface area contributed by atoms with Crippen LogP contribution in [0.25, 0.3) is 0 Å². The van der Waals surface area contributed by atoms with E-state index in [1.807, 2.05) is 31.3 Å². The van der Waals surface area contributed by atoms with Crippen molar-refractivity contribution in [2.45, 2.75) is 0 Å². The number of carbonyl (C=O) groups is 2. The van der Waals surface area contributed by atoms with Crippen molar-refractivity contribution in [2.24, 2.45) is 5.73 Å². The minimum absolute atomic E-state index is 0. The van der Waals surface area contributed by atoms with E-state index in [0.717, 1.165) is 17.9 Å². The molecule has 0 spiro atoms. The molecule has 1 aromatic carbocycles. The van der Waals surface area contributed by atoms with Gasteiger partial charge in [-0.05, 0) is 12.1 Å². The lowest BCUT2D eigenvalue weighted by molar-refractivity contribution is -0.124. The van der Waals surface area contributed by atoms with E-state index in [2.05, 4.69) is 10.2 Å². The number of nitrogens with one attached hydrogen (secondary N) is 1. The maximum absolute atomic E-state index is 12.1. The summed E-state index contributed by atoms with van der Waals surface area (Å²) in [5.74, 6) is -0.446. The molecule has 0 bridgehead atoms. The first-order valence-corrected chi connectivity index (χ1v) is 6.20. The van der Waals surface area contributed by atoms with E-state index in [4.69, 9.17) is 5.73 Å². The molecule has 2 rings (SSSR count). The van der Waals surface area contributed by atoms with Crippen LogP contribution in [-0.4, -0.2) is 45.0 Å². The Hall–Kier alpha value is -1.50. The van der Waals surface area contributed by atoms with Crippen LogP contribution < -0.4 is 20.9 Å². The smallest absolute Gasteiger partial charge is 0.246 e. The molecule has 8 heteroatoms. The second kappa shape index (κ2) is 8.71. The molecule has 21 heavy (non-hydrogen) atoms. The number of nitrogens with two attached hydrogens (primary N) is 1. The van der Waals surface area contributed by atoms with Crippen LogP contribution in [0.4, 0.5) is 11.4 Å². The third-order valence-electron chi connectivity index (χ3n) is 3.17. The van der Waals surface area contributed by atoms with E-state index in [1.165, 1.54) is 0 Å². The number of halogens is 2. The van der Waals surface area contributed by atoms with Crippen LogP contribution in [0.2, 0.25) is 0 Å². The van der Waals surface area contributed by atoms with Crippen molar-refractivity contribution < 1.29 is 9.59 Å². The first-order valence-electron chi connectivity index (χ1n) is 6.20. The molecule has 0 unspecified atom stereocenters. The summed E-state index contributed by atoms with van der Waals surface area (Å²) >= 11 is 0. The number of nitrogens with zero attached hydrogens (tertiary/aromatic N) is 2. The molecule has 3 N–H and O–H groups in total. The van der Waals surface area contributed by atoms with Gasteiger partial charge < -0.3 is 20.9 Å². The summed E-state index contributed by atoms with van der Waals surface area (Å²) in [4.78, 5) is 27.0. The Kier molecular flexibility index (Phi) is 8.09. The number of carbonyl (C=O) groups excluding carboxylic acids is 2. The van der Waals surface area contributed by atoms with Crippen LogP contribution in [0.15, 0.2) is 24.3 Å². The van der Waals surface area contributed by atoms with Crippen molar-refractivity contribution in [3.05, 3.63) is 24.3 Å². The summed E-state index contributed by atoms with van der Waals surface area (Å²) in [6.07, 6.45) is 0. The Morgan fingerprint density at radius 1 is 1.19 bits per heavy atom. The Labute approximate surface area is 136 Å². The fourth-order valence-electron chi connectivity index (χ4n) is 2.11. The number of rotatable bonds is 3. The first kappa shape index (κ1) is 19.5. The monoisotopic (exact) mass is 334 g/mol. The van der Waals surface area contributed by atoms with Crippen molar-refractivity contribution in [2.75, 3.05) is 43.0 Å². The number of hydrogen-bond donors (Lipinski definition) is 2. The molecular weight excluding hydrogens is 315 g/mol. The Bertz CT molecular complexity index is 499. The van der Waals surface area contributed by atoms with E-state index in [0.29, 0.717) is 6.54 Å². The van der Waals surface area contributed by atoms with E-state index < -0.39 is 0 Å². The lowest BCUT2D eigenvalue weighted by atomic mass is 10.1. The molecule has 0 radical (unpaired) electrons. The van der Waals surface area contributed by atoms with Gasteiger partial charge >= 0.3 is 0 Å². The highest BCUT2D eigenvalue weighted by atomic mass is 35.5. The zero-order valence-corrected chi connectivity index (χ0v) is 13.4. The van der Waals surface area contributed by atoms with Crippen LogP contribution in [0.5, 0.6) is 0 Å². The largest absolute Gasteiger partial charge is 0.371 e. The molecule has 6 nitrogen and oxygen atoms in total. The number of anilines is 2. The zero-order valence-electron chi connectivity index (χ0n) is 11.7. The highest BCUT2D eigenvalue weighted by Gasteiger charge is 2.24. The lowest BCUT2D eigenvalue weighted by Gasteiger charge is -2.35. The topological polar surface area (TPSA) is 78.7 Å². The quantitative estimate of drug-likeness (QED) is 0.838. The number of amides is 2. The van der Waals surface area contributed by atoms with Gasteiger partial charge in [-0.15, -0.1) is 24.8 Å². The standard InChI is InChI=1S/C13H18N4O2.2ClH/c1-16-6-7-17(11-5-3-2-4-10(11)16)13(19)9-15-12(18)8-14;;/h2-5H,6-9,14H2,1H3,(H,15,18);2*1H. The van der Waals surface area contributed by atoms with E-state index in [1.54, 1.807) is 4.90 Å². The molecular formula is C13H20Cl2N4O2. The highest BCUT2D eigenvalue weighted by molar-refractivity contribution is 6.00. The van der Waals surface area contributed by atoms with E-state index in [-0.39, 0.29) is 49.7 Å². The Morgan fingerprint density at radius 3 is 2.43 bits per heavy atom. The van der Waals surface area contributed by atoms with Gasteiger partial charge in [0.25, 0.3) is 0 Å². The van der Waals surface area contributed by atoms with Crippen LogP contribution in [0.3, 0.4) is 0 Å². The van der Waals surface area contributed by atoms with Gasteiger partial charge in [-0.25, -0.2) is 0 Å². The van der Waals surface area contributed by atoms with Gasteiger partial charge in [-0.1, -0.05) is 12.1 Å². The van der Waals surface area contributed by atoms with Crippen molar-refractivity contribution in [1.29, 1.82) is 0 Å². The minimum atomic E-state index is -0.323. The second-order valence-electron chi connectivity index (χ2n) is 4.44. The average Bonchev–Trinajstić information content (AvgIpc) is 2.45. The maximum Gasteiger partial charge on any atom is 0.246 e. The molecule has 1 aliphatic heterocycles. The van der Waals surface area contributed by atoms with E-state index in [9.17, 15) is 9.59 Å². The van der Waals surface area contributed by atoms with E-state index >= 15 is 0 Å². The van der Waals surface area contributed by atoms with Gasteiger partial charge in [-0.2, -0.15) is 0 Å². The van der Waals surface area contributed by atoms with Crippen molar-refractivity contribution in [1.82, 2.24) is 5.32 Å². The Morgan fingerprint density at radius 2 is 1.81 bits per heavy atom. The van der Waals surface area contributed by atoms with Gasteiger partial charge in [0.1, 0.15) is 0 Å². The van der Waals surface area contributed by atoms with Crippen molar-refractivity contribution in [3.63, 3.8) is 0 Å². The summed E-state index contributed by atoms with van der Waals surface area (Å²) in [5.41, 5.74) is 7.09. The first-order chi connectivity index (χ1) is 9.13. The molecule has 0 aromatic heterocycles. The maximum atomic E-state index is 12.1. The molecule has 1 aromatic rings. The van der Waals surface area contributed by atoms with Crippen LogP contribution in [0.1, 0.15) is 0 Å². The third-order valence-corrected chi connectivity index (χ3v) is 3.17. The highest BCUT2D eigenvalue weighted by Crippen LogP contribution is 2.31. The molecule has 0 saturated heterocycles. The van der Waals surface area contributed by atoms with Gasteiger partial charge in [-0.3, -0.25) is 9.59 Å². The number of para-hydroxylation sites is 2. The van der Waals surface area contributed by atoms with Gasteiger partial charge in [0.05, 0.1) is 24.5 Å². The molecule has 0 fully saturated rings. The number of hydrogen-bond acceptors (Lipinski definition) is 4. The Balaban J connectivity index is 0.00000200. The molecule has 0 atom stereocenters. The lowest BCUT2D eigenvalue weighted by Crippen LogP contribution is -2.47. The van der Waals surface area contributed by atoms with Crippen LogP contribution in [0, 0.1) is 0 Å². The number of fused-ring (bicyclic) bond motifs is 1. The van der Waals surface area contributed by atoms with Crippen molar-refractivity contribution >= 4 is 48.0 Å². The fourth-order valence-corrected chi connectivity index (χ4v) is 2.11. The normalized spacial score (nSPS) is 12.7. The van der Waals surface area contributed by atoms with Gasteiger partial charge in [0, 0.05) is 20.1 Å². The molecule has 0 saturated carbocycles. The van der Waals surface area contributed by atoms with Crippen LogP contribution in [-0.2, 0) is 9.59 Å². The average molecular weight is 335 g/mol. The summed E-state index contributed by atoms with van der Waals surface area (Å²) in [6.45, 7) is 1.26. The summed E-state index contributed by atoms with van der Waals surface area (Å²) < 4.78 is 0. The predicted octanol–water partition coefficient (Wildman–Crippen LogP) is 0.388. The molecule has 118 valence electrons. The molecule has 1 heterocycles. The molecule has 1 aliphatic rings. The van der Waals surface area contributed by atoms with Crippen molar-refractivity contribution in [3.8, 4) is 0 Å². The van der Waals surface area contributed by atoms with Gasteiger partial charge in [0.15, 0.2) is 0 Å². The summed E-state index contributed by atoms with van der Waals surface area (Å²) in [6, 6.07) is 7.73. The predicted molar refractivity (Wildman–Crippen MR) is 88.6 cm³/mol. The van der Waals surface area contributed by atoms with Crippen LogP contribution >= 0.6 is 24.8 Å². The third kappa shape index (κ3) is 4.49. The SMILES string of the molecule is CN1CCN(C(=O)CNC(=O)CN)c2ccccc21.Cl.Cl. The number of benzene rings is 1. The summed E-state index contributed by atoms with van der Waals surface area (Å²) in [7, 11) is 2.00. The summed E-state index contributed by atoms with van der Waals surface area (Å²) in [5, 5.41) is 2.50. The molecule has 2 amide bonds. The number of likely N-dealkylation sites (N-methyl/N-ethyl adjacent to an activating group) is 1. The molecule has 0 aliphatic carbocycles. The second-order valence-corrected chi connectivity index (χ2v) is 4.44. The minimum Gasteiger partial charge on any atom is -0.371 e. The van der Waals surface area contributed by atoms with Gasteiger partial charge in [0.2, 0.25) is 11.8 Å².